The molecule has 0 amide bonds. The van der Waals surface area contributed by atoms with Gasteiger partial charge in [0.1, 0.15) is 17.5 Å². The van der Waals surface area contributed by atoms with Gasteiger partial charge in [-0.05, 0) is 12.1 Å². The molecule has 2 rings (SSSR count). The predicted octanol–water partition coefficient (Wildman–Crippen LogP) is 1.59. The van der Waals surface area contributed by atoms with E-state index >= 15 is 0 Å². The molecular formula is C8H6ClN3O. The summed E-state index contributed by atoms with van der Waals surface area (Å²) >= 11 is 5.79. The summed E-state index contributed by atoms with van der Waals surface area (Å²) in [6, 6.07) is 3.40. The zero-order chi connectivity index (χ0) is 9.42. The molecule has 13 heavy (non-hydrogen) atoms. The minimum atomic E-state index is -0.0465. The summed E-state index contributed by atoms with van der Waals surface area (Å²) in [4.78, 5) is 14.9. The smallest absolute Gasteiger partial charge is 0.178 e. The summed E-state index contributed by atoms with van der Waals surface area (Å²) in [5.74, 6) is -0.0465. The maximum Gasteiger partial charge on any atom is 0.178 e. The number of carbonyl (C=O) groups is 1. The number of rotatable bonds is 1. The van der Waals surface area contributed by atoms with Crippen LogP contribution >= 0.6 is 11.6 Å². The maximum atomic E-state index is 11.1. The predicted molar refractivity (Wildman–Crippen MR) is 48.0 cm³/mol. The first-order chi connectivity index (χ1) is 6.20. The zero-order valence-corrected chi connectivity index (χ0v) is 7.62. The van der Waals surface area contributed by atoms with Crippen molar-refractivity contribution in [2.45, 2.75) is 6.92 Å². The fourth-order valence-corrected chi connectivity index (χ4v) is 1.36. The van der Waals surface area contributed by atoms with Gasteiger partial charge < -0.3 is 0 Å². The van der Waals surface area contributed by atoms with Crippen LogP contribution in [-0.4, -0.2) is 20.4 Å². The van der Waals surface area contributed by atoms with Crippen LogP contribution < -0.4 is 0 Å². The monoisotopic (exact) mass is 195 g/mol. The highest BCUT2D eigenvalue weighted by atomic mass is 35.5. The van der Waals surface area contributed by atoms with E-state index in [4.69, 9.17) is 11.6 Å². The number of hydrogen-bond donors (Lipinski definition) is 0. The highest BCUT2D eigenvalue weighted by Gasteiger charge is 2.08. The summed E-state index contributed by atoms with van der Waals surface area (Å²) in [6.07, 6.45) is 1.32. The van der Waals surface area contributed by atoms with Gasteiger partial charge in [-0.25, -0.2) is 9.50 Å². The summed E-state index contributed by atoms with van der Waals surface area (Å²) < 4.78 is 1.48. The topological polar surface area (TPSA) is 47.3 Å². The summed E-state index contributed by atoms with van der Waals surface area (Å²) in [5, 5.41) is 4.27. The molecule has 5 heteroatoms. The lowest BCUT2D eigenvalue weighted by molar-refractivity contribution is 0.101. The fraction of sp³-hybridized carbons (Fsp3) is 0.125. The van der Waals surface area contributed by atoms with Crippen molar-refractivity contribution in [3.63, 3.8) is 0 Å². The Morgan fingerprint density at radius 3 is 3.00 bits per heavy atom. The molecule has 0 bridgehead atoms. The molecule has 0 saturated carbocycles. The Labute approximate surface area is 79.2 Å². The van der Waals surface area contributed by atoms with Crippen molar-refractivity contribution in [1.29, 1.82) is 0 Å². The van der Waals surface area contributed by atoms with Crippen LogP contribution in [0, 0.1) is 0 Å². The number of fused-ring (bicyclic) bond motifs is 1. The number of nitrogens with zero attached hydrogens (tertiary/aromatic N) is 3. The van der Waals surface area contributed by atoms with Crippen LogP contribution in [0.15, 0.2) is 18.5 Å². The largest absolute Gasteiger partial charge is 0.293 e. The van der Waals surface area contributed by atoms with Gasteiger partial charge in [-0.15, -0.1) is 0 Å². The van der Waals surface area contributed by atoms with Gasteiger partial charge in [0, 0.05) is 6.92 Å². The third kappa shape index (κ3) is 1.19. The second-order valence-electron chi connectivity index (χ2n) is 2.62. The lowest BCUT2D eigenvalue weighted by Crippen LogP contribution is -2.02. The molecule has 4 nitrogen and oxygen atoms in total. The molecule has 0 fully saturated rings. The molecule has 0 aromatic carbocycles. The molecule has 0 N–H and O–H groups in total. The first-order valence-corrected chi connectivity index (χ1v) is 4.07. The van der Waals surface area contributed by atoms with E-state index in [1.165, 1.54) is 17.8 Å². The number of Topliss-reactive ketones (excluding diaryl/α,β-unsaturated/α-hetero) is 1. The van der Waals surface area contributed by atoms with Gasteiger partial charge in [0.05, 0.1) is 0 Å². The Morgan fingerprint density at radius 2 is 2.31 bits per heavy atom. The van der Waals surface area contributed by atoms with Crippen LogP contribution in [0.25, 0.3) is 5.52 Å². The van der Waals surface area contributed by atoms with E-state index in [0.29, 0.717) is 16.4 Å². The van der Waals surface area contributed by atoms with Crippen molar-refractivity contribution in [1.82, 2.24) is 14.6 Å². The van der Waals surface area contributed by atoms with Crippen LogP contribution in [0.1, 0.15) is 17.4 Å². The first kappa shape index (κ1) is 8.19. The highest BCUT2D eigenvalue weighted by Crippen LogP contribution is 2.15. The third-order valence-electron chi connectivity index (χ3n) is 1.77. The van der Waals surface area contributed by atoms with Crippen molar-refractivity contribution >= 4 is 22.9 Å². The summed E-state index contributed by atoms with van der Waals surface area (Å²) in [6.45, 7) is 1.48. The van der Waals surface area contributed by atoms with Crippen molar-refractivity contribution in [3.05, 3.63) is 29.3 Å². The number of aromatic nitrogens is 3. The molecule has 66 valence electrons. The average Bonchev–Trinajstić information content (AvgIpc) is 2.48. The van der Waals surface area contributed by atoms with Gasteiger partial charge in [0.25, 0.3) is 0 Å². The molecule has 0 aliphatic heterocycles. The number of hydrogen-bond acceptors (Lipinski definition) is 3. The van der Waals surface area contributed by atoms with Gasteiger partial charge in [-0.1, -0.05) is 11.6 Å². The second kappa shape index (κ2) is 2.81. The van der Waals surface area contributed by atoms with E-state index in [0.717, 1.165) is 0 Å². The van der Waals surface area contributed by atoms with E-state index in [2.05, 4.69) is 10.1 Å². The molecule has 0 aliphatic carbocycles. The van der Waals surface area contributed by atoms with Crippen LogP contribution in [0.2, 0.25) is 5.15 Å². The Balaban J connectivity index is 2.83. The van der Waals surface area contributed by atoms with E-state index in [1.54, 1.807) is 12.1 Å². The third-order valence-corrected chi connectivity index (χ3v) is 2.06. The Kier molecular flexibility index (Phi) is 1.77. The molecule has 0 saturated heterocycles. The molecule has 2 aromatic heterocycles. The quantitative estimate of drug-likeness (QED) is 0.650. The van der Waals surface area contributed by atoms with E-state index in [9.17, 15) is 4.79 Å². The van der Waals surface area contributed by atoms with Crippen LogP contribution in [0.4, 0.5) is 0 Å². The van der Waals surface area contributed by atoms with Gasteiger partial charge in [0.15, 0.2) is 10.9 Å². The van der Waals surface area contributed by atoms with Gasteiger partial charge >= 0.3 is 0 Å². The van der Waals surface area contributed by atoms with Crippen LogP contribution in [-0.2, 0) is 0 Å². The van der Waals surface area contributed by atoms with Crippen molar-refractivity contribution in [2.75, 3.05) is 0 Å². The van der Waals surface area contributed by atoms with Crippen LogP contribution in [0.5, 0.6) is 0 Å². The Bertz CT molecular complexity index is 477. The van der Waals surface area contributed by atoms with Gasteiger partial charge in [0.2, 0.25) is 0 Å². The van der Waals surface area contributed by atoms with Gasteiger partial charge in [-0.3, -0.25) is 4.79 Å². The number of halogens is 1. The minimum Gasteiger partial charge on any atom is -0.293 e. The van der Waals surface area contributed by atoms with E-state index < -0.39 is 0 Å². The molecule has 0 spiro atoms. The highest BCUT2D eigenvalue weighted by molar-refractivity contribution is 6.32. The van der Waals surface area contributed by atoms with Gasteiger partial charge in [-0.2, -0.15) is 5.10 Å². The zero-order valence-electron chi connectivity index (χ0n) is 6.86. The standard InChI is InChI=1S/C8H6ClN3O/c1-5(13)6-2-3-7-8(9)10-4-11-12(6)7/h2-4H,1H3. The van der Waals surface area contributed by atoms with Crippen LogP contribution in [0.3, 0.4) is 0 Å². The van der Waals surface area contributed by atoms with E-state index in [-0.39, 0.29) is 5.78 Å². The Morgan fingerprint density at radius 1 is 1.54 bits per heavy atom. The average molecular weight is 196 g/mol. The maximum absolute atomic E-state index is 11.1. The first-order valence-electron chi connectivity index (χ1n) is 3.69. The fourth-order valence-electron chi connectivity index (χ4n) is 1.17. The summed E-state index contributed by atoms with van der Waals surface area (Å²) in [5.41, 5.74) is 1.16. The lowest BCUT2D eigenvalue weighted by atomic mass is 10.3. The minimum absolute atomic E-state index is 0.0465. The normalized spacial score (nSPS) is 10.6. The number of ketones is 1. The molecule has 0 radical (unpaired) electrons. The number of carbonyl (C=O) groups excluding carboxylic acids is 1. The Hall–Kier alpha value is -1.42. The molecule has 0 aliphatic rings. The van der Waals surface area contributed by atoms with E-state index in [1.807, 2.05) is 0 Å². The molecule has 0 unspecified atom stereocenters. The lowest BCUT2D eigenvalue weighted by Gasteiger charge is -1.97. The molecule has 2 heterocycles. The second-order valence-corrected chi connectivity index (χ2v) is 2.98. The molecule has 0 atom stereocenters. The molecule has 2 aromatic rings. The SMILES string of the molecule is CC(=O)c1ccc2c(Cl)ncnn12. The molecular weight excluding hydrogens is 190 g/mol. The van der Waals surface area contributed by atoms with Crippen molar-refractivity contribution in [3.8, 4) is 0 Å². The van der Waals surface area contributed by atoms with Crippen molar-refractivity contribution < 1.29 is 4.79 Å². The van der Waals surface area contributed by atoms with Crippen molar-refractivity contribution in [2.24, 2.45) is 0 Å². The summed E-state index contributed by atoms with van der Waals surface area (Å²) in [7, 11) is 0.